The highest BCUT2D eigenvalue weighted by Gasteiger charge is 2.20. The Hall–Kier alpha value is -2.42. The topological polar surface area (TPSA) is 34.0 Å². The highest BCUT2D eigenvalue weighted by atomic mass is 16.5. The SMILES string of the molecule is Cc1cc2c(c(-c3c(C)ccc4c3N=CCC4)c1)N=COC2. The van der Waals surface area contributed by atoms with E-state index in [-0.39, 0.29) is 0 Å². The Morgan fingerprint density at radius 2 is 1.91 bits per heavy atom. The standard InChI is InChI=1S/C19H18N2O/c1-12-8-15-10-22-11-21-18(15)16(9-12)17-13(2)5-6-14-4-3-7-20-19(14)17/h5-9,11H,3-4,10H2,1-2H3. The predicted molar refractivity (Wildman–Crippen MR) is 90.8 cm³/mol. The quantitative estimate of drug-likeness (QED) is 0.742. The van der Waals surface area contributed by atoms with Crippen LogP contribution < -0.4 is 0 Å². The molecule has 0 fully saturated rings. The van der Waals surface area contributed by atoms with E-state index in [0.717, 1.165) is 29.8 Å². The van der Waals surface area contributed by atoms with Gasteiger partial charge in [-0.3, -0.25) is 4.99 Å². The number of hydrogen-bond acceptors (Lipinski definition) is 3. The molecule has 0 saturated heterocycles. The van der Waals surface area contributed by atoms with E-state index in [1.807, 2.05) is 6.21 Å². The highest BCUT2D eigenvalue weighted by molar-refractivity contribution is 5.92. The molecule has 2 aromatic carbocycles. The van der Waals surface area contributed by atoms with Crippen LogP contribution in [0, 0.1) is 13.8 Å². The summed E-state index contributed by atoms with van der Waals surface area (Å²) < 4.78 is 5.36. The third-order valence-corrected chi connectivity index (χ3v) is 4.33. The molecule has 0 aromatic heterocycles. The lowest BCUT2D eigenvalue weighted by Crippen LogP contribution is -2.02. The van der Waals surface area contributed by atoms with Crippen LogP contribution in [0.2, 0.25) is 0 Å². The van der Waals surface area contributed by atoms with Crippen molar-refractivity contribution >= 4 is 24.0 Å². The summed E-state index contributed by atoms with van der Waals surface area (Å²) >= 11 is 0. The summed E-state index contributed by atoms with van der Waals surface area (Å²) in [7, 11) is 0. The second kappa shape index (κ2) is 5.09. The van der Waals surface area contributed by atoms with Gasteiger partial charge in [0.05, 0.1) is 11.4 Å². The maximum atomic E-state index is 5.36. The first-order valence-electron chi connectivity index (χ1n) is 7.67. The Labute approximate surface area is 130 Å². The summed E-state index contributed by atoms with van der Waals surface area (Å²) in [6.07, 6.45) is 5.66. The van der Waals surface area contributed by atoms with Crippen LogP contribution >= 0.6 is 0 Å². The summed E-state index contributed by atoms with van der Waals surface area (Å²) in [6, 6.07) is 8.78. The molecule has 110 valence electrons. The minimum absolute atomic E-state index is 0.588. The zero-order valence-corrected chi connectivity index (χ0v) is 12.9. The van der Waals surface area contributed by atoms with E-state index in [9.17, 15) is 0 Å². The van der Waals surface area contributed by atoms with E-state index in [1.165, 1.54) is 27.8 Å². The van der Waals surface area contributed by atoms with Gasteiger partial charge in [-0.2, -0.15) is 0 Å². The normalized spacial score (nSPS) is 15.2. The van der Waals surface area contributed by atoms with Gasteiger partial charge < -0.3 is 4.74 Å². The second-order valence-electron chi connectivity index (χ2n) is 5.98. The van der Waals surface area contributed by atoms with Crippen molar-refractivity contribution in [2.24, 2.45) is 9.98 Å². The van der Waals surface area contributed by atoms with Crippen LogP contribution in [0.1, 0.15) is 28.7 Å². The van der Waals surface area contributed by atoms with Crippen LogP contribution in [0.15, 0.2) is 34.3 Å². The van der Waals surface area contributed by atoms with E-state index in [1.54, 1.807) is 6.40 Å². The van der Waals surface area contributed by atoms with Gasteiger partial charge in [0, 0.05) is 22.9 Å². The average molecular weight is 290 g/mol. The Morgan fingerprint density at radius 1 is 1.00 bits per heavy atom. The maximum Gasteiger partial charge on any atom is 0.175 e. The number of nitrogens with zero attached hydrogens (tertiary/aromatic N) is 2. The van der Waals surface area contributed by atoms with Crippen LogP contribution in [0.3, 0.4) is 0 Å². The summed E-state index contributed by atoms with van der Waals surface area (Å²) in [6.45, 7) is 4.86. The molecule has 0 bridgehead atoms. The fourth-order valence-electron chi connectivity index (χ4n) is 3.32. The molecule has 0 atom stereocenters. The molecule has 2 aromatic rings. The summed E-state index contributed by atoms with van der Waals surface area (Å²) in [4.78, 5) is 9.20. The van der Waals surface area contributed by atoms with E-state index in [4.69, 9.17) is 9.73 Å². The molecule has 0 spiro atoms. The van der Waals surface area contributed by atoms with Crippen molar-refractivity contribution in [3.63, 3.8) is 0 Å². The van der Waals surface area contributed by atoms with E-state index in [2.05, 4.69) is 43.1 Å². The van der Waals surface area contributed by atoms with Crippen LogP contribution in [-0.2, 0) is 17.8 Å². The number of aliphatic imine (C=N–C) groups is 2. The van der Waals surface area contributed by atoms with Gasteiger partial charge in [0.25, 0.3) is 0 Å². The van der Waals surface area contributed by atoms with Crippen molar-refractivity contribution in [1.29, 1.82) is 0 Å². The predicted octanol–water partition coefficient (Wildman–Crippen LogP) is 4.81. The van der Waals surface area contributed by atoms with Crippen molar-refractivity contribution < 1.29 is 4.74 Å². The lowest BCUT2D eigenvalue weighted by atomic mass is 9.89. The molecule has 2 aliphatic heterocycles. The molecule has 0 saturated carbocycles. The summed E-state index contributed by atoms with van der Waals surface area (Å²) in [5, 5.41) is 0. The maximum absolute atomic E-state index is 5.36. The molecule has 0 radical (unpaired) electrons. The van der Waals surface area contributed by atoms with Crippen molar-refractivity contribution in [3.05, 3.63) is 46.5 Å². The van der Waals surface area contributed by atoms with E-state index >= 15 is 0 Å². The average Bonchev–Trinajstić information content (AvgIpc) is 2.54. The minimum atomic E-state index is 0.588. The smallest absolute Gasteiger partial charge is 0.175 e. The summed E-state index contributed by atoms with van der Waals surface area (Å²) in [5.74, 6) is 0. The lowest BCUT2D eigenvalue weighted by molar-refractivity contribution is 0.303. The molecule has 0 aliphatic carbocycles. The summed E-state index contributed by atoms with van der Waals surface area (Å²) in [5.41, 5.74) is 9.47. The zero-order chi connectivity index (χ0) is 15.1. The number of hydrogen-bond donors (Lipinski definition) is 0. The number of ether oxygens (including phenoxy) is 1. The molecule has 22 heavy (non-hydrogen) atoms. The van der Waals surface area contributed by atoms with Crippen molar-refractivity contribution in [2.75, 3.05) is 0 Å². The molecular weight excluding hydrogens is 272 g/mol. The monoisotopic (exact) mass is 290 g/mol. The Balaban J connectivity index is 2.04. The lowest BCUT2D eigenvalue weighted by Gasteiger charge is -2.21. The third kappa shape index (κ3) is 2.05. The first kappa shape index (κ1) is 13.3. The van der Waals surface area contributed by atoms with Gasteiger partial charge in [0.1, 0.15) is 6.61 Å². The molecule has 2 heterocycles. The van der Waals surface area contributed by atoms with Crippen molar-refractivity contribution in [2.45, 2.75) is 33.3 Å². The molecule has 0 N–H and O–H groups in total. The van der Waals surface area contributed by atoms with Gasteiger partial charge in [0.15, 0.2) is 6.40 Å². The van der Waals surface area contributed by atoms with Crippen LogP contribution in [0.4, 0.5) is 11.4 Å². The third-order valence-electron chi connectivity index (χ3n) is 4.33. The number of fused-ring (bicyclic) bond motifs is 2. The van der Waals surface area contributed by atoms with Crippen LogP contribution in [0.25, 0.3) is 11.1 Å². The van der Waals surface area contributed by atoms with Crippen molar-refractivity contribution in [3.8, 4) is 11.1 Å². The molecule has 0 unspecified atom stereocenters. The molecule has 2 aliphatic rings. The molecule has 0 amide bonds. The van der Waals surface area contributed by atoms with Gasteiger partial charge in [-0.15, -0.1) is 0 Å². The van der Waals surface area contributed by atoms with Crippen LogP contribution in [0.5, 0.6) is 0 Å². The van der Waals surface area contributed by atoms with Gasteiger partial charge in [-0.25, -0.2) is 4.99 Å². The Morgan fingerprint density at radius 3 is 2.82 bits per heavy atom. The molecule has 3 nitrogen and oxygen atoms in total. The number of benzene rings is 2. The zero-order valence-electron chi connectivity index (χ0n) is 12.9. The highest BCUT2D eigenvalue weighted by Crippen LogP contribution is 2.44. The molecule has 4 rings (SSSR count). The molecular formula is C19H18N2O. The van der Waals surface area contributed by atoms with Gasteiger partial charge in [-0.1, -0.05) is 18.2 Å². The number of aryl methyl sites for hydroxylation is 3. The minimum Gasteiger partial charge on any atom is -0.478 e. The Bertz CT molecular complexity index is 819. The fraction of sp³-hybridized carbons (Fsp3) is 0.263. The fourth-order valence-corrected chi connectivity index (χ4v) is 3.32. The first-order chi connectivity index (χ1) is 10.7. The van der Waals surface area contributed by atoms with Gasteiger partial charge >= 0.3 is 0 Å². The molecule has 3 heteroatoms. The largest absolute Gasteiger partial charge is 0.478 e. The number of rotatable bonds is 1. The Kier molecular flexibility index (Phi) is 3.07. The van der Waals surface area contributed by atoms with E-state index < -0.39 is 0 Å². The van der Waals surface area contributed by atoms with Gasteiger partial charge in [0.2, 0.25) is 0 Å². The van der Waals surface area contributed by atoms with Crippen molar-refractivity contribution in [1.82, 2.24) is 0 Å². The second-order valence-corrected chi connectivity index (χ2v) is 5.98. The first-order valence-corrected chi connectivity index (χ1v) is 7.67. The van der Waals surface area contributed by atoms with E-state index in [0.29, 0.717) is 6.61 Å². The van der Waals surface area contributed by atoms with Crippen LogP contribution in [-0.4, -0.2) is 12.6 Å². The van der Waals surface area contributed by atoms with Gasteiger partial charge in [-0.05, 0) is 49.4 Å².